The molecule has 0 N–H and O–H groups in total. The van der Waals surface area contributed by atoms with Gasteiger partial charge >= 0.3 is 6.16 Å². The van der Waals surface area contributed by atoms with Gasteiger partial charge in [0.15, 0.2) is 0 Å². The van der Waals surface area contributed by atoms with Crippen molar-refractivity contribution in [1.82, 2.24) is 9.80 Å². The van der Waals surface area contributed by atoms with Gasteiger partial charge in [-0.05, 0) is 104 Å². The molecule has 2 aliphatic rings. The van der Waals surface area contributed by atoms with E-state index in [2.05, 4.69) is 9.80 Å². The normalized spacial score (nSPS) is 20.4. The lowest BCUT2D eigenvalue weighted by Gasteiger charge is -2.27. The minimum Gasteiger partial charge on any atom is -0.431 e. The first-order valence-electron chi connectivity index (χ1n) is 11.0. The van der Waals surface area contributed by atoms with Crippen molar-refractivity contribution in [2.75, 3.05) is 39.3 Å². The van der Waals surface area contributed by atoms with Crippen molar-refractivity contribution < 1.29 is 14.3 Å². The van der Waals surface area contributed by atoms with Crippen LogP contribution in [0, 0.1) is 0 Å². The van der Waals surface area contributed by atoms with Crippen molar-refractivity contribution in [2.24, 2.45) is 0 Å². The highest BCUT2D eigenvalue weighted by Crippen LogP contribution is 2.13. The quantitative estimate of drug-likeness (QED) is 0.431. The first kappa shape index (κ1) is 27.8. The molecule has 2 heterocycles. The lowest BCUT2D eigenvalue weighted by Crippen LogP contribution is -2.31. The highest BCUT2D eigenvalue weighted by molar-refractivity contribution is 5.85. The molecule has 168 valence electrons. The number of carbonyl (C=O) groups excluding carboxylic acids is 1. The molecule has 0 bridgehead atoms. The number of piperidine rings is 2. The number of likely N-dealkylation sites (tertiary alicyclic amines) is 2. The minimum absolute atomic E-state index is 0. The van der Waals surface area contributed by atoms with Gasteiger partial charge in [-0.25, -0.2) is 4.79 Å². The summed E-state index contributed by atoms with van der Waals surface area (Å²) in [4.78, 5) is 17.0. The van der Waals surface area contributed by atoms with Crippen molar-refractivity contribution in [3.05, 3.63) is 0 Å². The zero-order chi connectivity index (χ0) is 18.6. The standard InChI is InChI=1S/C21H40N2O3.2ClH/c1-19(11-9-17-22-13-5-3-6-14-22)25-21(24)26-20(2)12-10-18-23-15-7-4-8-16-23;;/h19-20H,3-18H2,1-2H3;2*1H. The van der Waals surface area contributed by atoms with E-state index in [0.29, 0.717) is 0 Å². The number of halogens is 2. The maximum atomic E-state index is 11.9. The predicted molar refractivity (Wildman–Crippen MR) is 120 cm³/mol. The molecule has 0 saturated carbocycles. The molecule has 2 rings (SSSR count). The van der Waals surface area contributed by atoms with Crippen LogP contribution in [0.5, 0.6) is 0 Å². The lowest BCUT2D eigenvalue weighted by molar-refractivity contribution is 0.00164. The van der Waals surface area contributed by atoms with Crippen LogP contribution < -0.4 is 0 Å². The monoisotopic (exact) mass is 440 g/mol. The number of rotatable bonds is 10. The Balaban J connectivity index is 0.00000364. The average Bonchev–Trinajstić information content (AvgIpc) is 2.63. The van der Waals surface area contributed by atoms with Crippen LogP contribution in [0.2, 0.25) is 0 Å². The van der Waals surface area contributed by atoms with Gasteiger partial charge in [-0.3, -0.25) is 0 Å². The molecular formula is C21H42Cl2N2O3. The molecule has 0 aromatic heterocycles. The van der Waals surface area contributed by atoms with Crippen LogP contribution in [-0.4, -0.2) is 67.4 Å². The summed E-state index contributed by atoms with van der Waals surface area (Å²) >= 11 is 0. The van der Waals surface area contributed by atoms with Crippen molar-refractivity contribution in [1.29, 1.82) is 0 Å². The predicted octanol–water partition coefficient (Wildman–Crippen LogP) is 5.29. The molecule has 28 heavy (non-hydrogen) atoms. The van der Waals surface area contributed by atoms with E-state index in [9.17, 15) is 4.79 Å². The summed E-state index contributed by atoms with van der Waals surface area (Å²) < 4.78 is 10.8. The zero-order valence-corrected chi connectivity index (χ0v) is 19.5. The molecule has 0 aromatic rings. The molecular weight excluding hydrogens is 399 g/mol. The van der Waals surface area contributed by atoms with Gasteiger partial charge in [-0.1, -0.05) is 12.8 Å². The van der Waals surface area contributed by atoms with E-state index in [1.54, 1.807) is 0 Å². The van der Waals surface area contributed by atoms with Crippen molar-refractivity contribution in [3.8, 4) is 0 Å². The summed E-state index contributed by atoms with van der Waals surface area (Å²) in [5.74, 6) is 0. The maximum absolute atomic E-state index is 11.9. The van der Waals surface area contributed by atoms with Gasteiger partial charge in [0.1, 0.15) is 12.2 Å². The van der Waals surface area contributed by atoms with E-state index in [1.807, 2.05) is 13.8 Å². The first-order valence-corrected chi connectivity index (χ1v) is 11.0. The van der Waals surface area contributed by atoms with Crippen molar-refractivity contribution >= 4 is 31.0 Å². The second-order valence-electron chi connectivity index (χ2n) is 8.20. The van der Waals surface area contributed by atoms with Crippen molar-refractivity contribution in [3.63, 3.8) is 0 Å². The third kappa shape index (κ3) is 12.4. The minimum atomic E-state index is -0.499. The molecule has 2 aliphatic heterocycles. The van der Waals surface area contributed by atoms with Gasteiger partial charge in [-0.15, -0.1) is 24.8 Å². The molecule has 0 amide bonds. The van der Waals surface area contributed by atoms with Gasteiger partial charge < -0.3 is 19.3 Å². The largest absolute Gasteiger partial charge is 0.508 e. The number of hydrogen-bond donors (Lipinski definition) is 0. The van der Waals surface area contributed by atoms with Crippen LogP contribution in [0.1, 0.15) is 78.1 Å². The van der Waals surface area contributed by atoms with E-state index in [4.69, 9.17) is 9.47 Å². The Kier molecular flexibility index (Phi) is 16.4. The summed E-state index contributed by atoms with van der Waals surface area (Å²) in [5, 5.41) is 0. The van der Waals surface area contributed by atoms with Gasteiger partial charge in [-0.2, -0.15) is 0 Å². The van der Waals surface area contributed by atoms with Crippen LogP contribution in [0.25, 0.3) is 0 Å². The Hall–Kier alpha value is -0.230. The van der Waals surface area contributed by atoms with E-state index in [1.165, 1.54) is 64.7 Å². The molecule has 7 heteroatoms. The second-order valence-corrected chi connectivity index (χ2v) is 8.20. The summed E-state index contributed by atoms with van der Waals surface area (Å²) in [6.07, 6.45) is 11.4. The third-order valence-corrected chi connectivity index (χ3v) is 5.66. The molecule has 2 atom stereocenters. The maximum Gasteiger partial charge on any atom is 0.508 e. The van der Waals surface area contributed by atoms with Crippen LogP contribution in [0.4, 0.5) is 4.79 Å². The third-order valence-electron chi connectivity index (χ3n) is 5.66. The van der Waals surface area contributed by atoms with E-state index < -0.39 is 6.16 Å². The fraction of sp³-hybridized carbons (Fsp3) is 0.952. The van der Waals surface area contributed by atoms with Crippen LogP contribution >= 0.6 is 24.8 Å². The topological polar surface area (TPSA) is 42.0 Å². The molecule has 0 aliphatic carbocycles. The number of hydrogen-bond acceptors (Lipinski definition) is 5. The van der Waals surface area contributed by atoms with Gasteiger partial charge in [0.05, 0.1) is 0 Å². The second kappa shape index (κ2) is 16.6. The Bertz CT molecular complexity index is 356. The average molecular weight is 441 g/mol. The summed E-state index contributed by atoms with van der Waals surface area (Å²) in [6, 6.07) is 0. The van der Waals surface area contributed by atoms with Crippen LogP contribution in [-0.2, 0) is 9.47 Å². The highest BCUT2D eigenvalue weighted by atomic mass is 35.5. The molecule has 0 spiro atoms. The SMILES string of the molecule is CC(CCCN1CCCCC1)OC(=O)OC(C)CCCN1CCCCC1.Cl.Cl. The summed E-state index contributed by atoms with van der Waals surface area (Å²) in [5.41, 5.74) is 0. The Morgan fingerprint density at radius 1 is 0.714 bits per heavy atom. The molecule has 2 saturated heterocycles. The molecule has 5 nitrogen and oxygen atoms in total. The smallest absolute Gasteiger partial charge is 0.431 e. The van der Waals surface area contributed by atoms with Crippen molar-refractivity contribution in [2.45, 2.75) is 90.3 Å². The van der Waals surface area contributed by atoms with Gasteiger partial charge in [0, 0.05) is 0 Å². The number of ether oxygens (including phenoxy) is 2. The van der Waals surface area contributed by atoms with E-state index >= 15 is 0 Å². The summed E-state index contributed by atoms with van der Waals surface area (Å²) in [6.45, 7) is 11.1. The number of nitrogens with zero attached hydrogens (tertiary/aromatic N) is 2. The fourth-order valence-corrected chi connectivity index (χ4v) is 4.04. The van der Waals surface area contributed by atoms with Crippen LogP contribution in [0.3, 0.4) is 0 Å². The summed E-state index contributed by atoms with van der Waals surface area (Å²) in [7, 11) is 0. The van der Waals surface area contributed by atoms with Crippen LogP contribution in [0.15, 0.2) is 0 Å². The molecule has 0 radical (unpaired) electrons. The molecule has 2 fully saturated rings. The Morgan fingerprint density at radius 2 is 1.07 bits per heavy atom. The zero-order valence-electron chi connectivity index (χ0n) is 17.9. The van der Waals surface area contributed by atoms with Gasteiger partial charge in [0.25, 0.3) is 0 Å². The van der Waals surface area contributed by atoms with E-state index in [-0.39, 0.29) is 37.0 Å². The highest BCUT2D eigenvalue weighted by Gasteiger charge is 2.16. The number of carbonyl (C=O) groups is 1. The van der Waals surface area contributed by atoms with Gasteiger partial charge in [0.2, 0.25) is 0 Å². The fourth-order valence-electron chi connectivity index (χ4n) is 4.04. The molecule has 0 aromatic carbocycles. The Morgan fingerprint density at radius 3 is 1.43 bits per heavy atom. The lowest BCUT2D eigenvalue weighted by atomic mass is 10.1. The molecule has 2 unspecified atom stereocenters. The Labute approximate surface area is 184 Å². The van der Waals surface area contributed by atoms with E-state index in [0.717, 1.165) is 38.8 Å². The first-order chi connectivity index (χ1) is 12.6.